The van der Waals surface area contributed by atoms with Crippen LogP contribution in [0.15, 0.2) is 78.9 Å². The van der Waals surface area contributed by atoms with Gasteiger partial charge in [-0.25, -0.2) is 0 Å². The van der Waals surface area contributed by atoms with Gasteiger partial charge in [-0.15, -0.1) is 12.8 Å². The van der Waals surface area contributed by atoms with E-state index in [0.717, 1.165) is 28.2 Å². The van der Waals surface area contributed by atoms with Crippen LogP contribution in [0.3, 0.4) is 0 Å². The van der Waals surface area contributed by atoms with Crippen LogP contribution in [0.2, 0.25) is 0 Å². The number of ether oxygens (including phenoxy) is 5. The number of hydrogen-bond acceptors (Lipinski definition) is 6. The lowest BCUT2D eigenvalue weighted by Crippen LogP contribution is -2.45. The van der Waals surface area contributed by atoms with Crippen molar-refractivity contribution in [3.63, 3.8) is 0 Å². The third-order valence-corrected chi connectivity index (χ3v) is 6.29. The summed E-state index contributed by atoms with van der Waals surface area (Å²) in [7, 11) is 3.25. The Hall–Kier alpha value is -3.78. The molecular formula is C32H34O6. The third kappa shape index (κ3) is 6.75. The summed E-state index contributed by atoms with van der Waals surface area (Å²) >= 11 is 0. The van der Waals surface area contributed by atoms with Crippen LogP contribution in [0.5, 0.6) is 11.5 Å². The van der Waals surface area contributed by atoms with E-state index in [9.17, 15) is 5.11 Å². The Labute approximate surface area is 225 Å². The molecule has 0 amide bonds. The molecule has 198 valence electrons. The molecule has 0 aliphatic heterocycles. The molecule has 0 unspecified atom stereocenters. The van der Waals surface area contributed by atoms with Crippen LogP contribution in [-0.2, 0) is 19.8 Å². The molecule has 0 atom stereocenters. The Morgan fingerprint density at radius 3 is 1.50 bits per heavy atom. The van der Waals surface area contributed by atoms with Crippen molar-refractivity contribution in [1.82, 2.24) is 0 Å². The SMILES string of the molecule is C#CCOCC(CO)(COCC#C)COC(c1ccccc1)(c1ccc(OC)cc1)c1ccc(OC)cc1. The first-order valence-corrected chi connectivity index (χ1v) is 12.2. The van der Waals surface area contributed by atoms with Gasteiger partial charge in [0.05, 0.1) is 46.1 Å². The molecule has 0 bridgehead atoms. The largest absolute Gasteiger partial charge is 0.497 e. The van der Waals surface area contributed by atoms with Crippen LogP contribution in [0.25, 0.3) is 0 Å². The quantitative estimate of drug-likeness (QED) is 0.185. The number of aliphatic hydroxyl groups is 1. The number of hydrogen-bond donors (Lipinski definition) is 1. The molecule has 3 aromatic rings. The van der Waals surface area contributed by atoms with Crippen molar-refractivity contribution >= 4 is 0 Å². The molecule has 0 aliphatic carbocycles. The van der Waals surface area contributed by atoms with Gasteiger partial charge in [-0.05, 0) is 41.0 Å². The smallest absolute Gasteiger partial charge is 0.143 e. The maximum absolute atomic E-state index is 10.5. The second-order valence-corrected chi connectivity index (χ2v) is 8.84. The molecular weight excluding hydrogens is 480 g/mol. The summed E-state index contributed by atoms with van der Waals surface area (Å²) in [4.78, 5) is 0. The molecule has 1 N–H and O–H groups in total. The number of terminal acetylenes is 2. The highest BCUT2D eigenvalue weighted by molar-refractivity contribution is 5.49. The lowest BCUT2D eigenvalue weighted by Gasteiger charge is -2.40. The summed E-state index contributed by atoms with van der Waals surface area (Å²) in [6, 6.07) is 25.4. The van der Waals surface area contributed by atoms with Crippen molar-refractivity contribution < 1.29 is 28.8 Å². The van der Waals surface area contributed by atoms with Crippen LogP contribution >= 0.6 is 0 Å². The Kier molecular flexibility index (Phi) is 10.8. The fraction of sp³-hybridized carbons (Fsp3) is 0.312. The van der Waals surface area contributed by atoms with Gasteiger partial charge in [-0.1, -0.05) is 66.4 Å². The van der Waals surface area contributed by atoms with Crippen molar-refractivity contribution in [2.45, 2.75) is 5.60 Å². The highest BCUT2D eigenvalue weighted by Crippen LogP contribution is 2.43. The average Bonchev–Trinajstić information content (AvgIpc) is 2.98. The first kappa shape index (κ1) is 28.8. The Morgan fingerprint density at radius 1 is 0.658 bits per heavy atom. The van der Waals surface area contributed by atoms with Gasteiger partial charge in [0, 0.05) is 0 Å². The van der Waals surface area contributed by atoms with Crippen LogP contribution in [0.4, 0.5) is 0 Å². The molecule has 0 saturated heterocycles. The van der Waals surface area contributed by atoms with E-state index in [1.807, 2.05) is 78.9 Å². The molecule has 0 saturated carbocycles. The van der Waals surface area contributed by atoms with Gasteiger partial charge in [0.15, 0.2) is 0 Å². The van der Waals surface area contributed by atoms with E-state index in [1.165, 1.54) is 0 Å². The van der Waals surface area contributed by atoms with Crippen molar-refractivity contribution in [3.05, 3.63) is 95.6 Å². The van der Waals surface area contributed by atoms with Crippen molar-refractivity contribution in [3.8, 4) is 36.2 Å². The monoisotopic (exact) mass is 514 g/mol. The summed E-state index contributed by atoms with van der Waals surface area (Å²) in [6.45, 7) is 0.238. The topological polar surface area (TPSA) is 66.4 Å². The lowest BCUT2D eigenvalue weighted by molar-refractivity contribution is -0.114. The maximum atomic E-state index is 10.5. The van der Waals surface area contributed by atoms with Gasteiger partial charge in [-0.3, -0.25) is 0 Å². The molecule has 38 heavy (non-hydrogen) atoms. The molecule has 0 aliphatic rings. The van der Waals surface area contributed by atoms with Crippen LogP contribution < -0.4 is 9.47 Å². The van der Waals surface area contributed by atoms with E-state index in [2.05, 4.69) is 11.8 Å². The minimum absolute atomic E-state index is 0.0750. The zero-order valence-corrected chi connectivity index (χ0v) is 21.9. The van der Waals surface area contributed by atoms with Gasteiger partial charge in [0.25, 0.3) is 0 Å². The van der Waals surface area contributed by atoms with E-state index in [-0.39, 0.29) is 39.6 Å². The summed E-state index contributed by atoms with van der Waals surface area (Å²) in [6.07, 6.45) is 10.8. The van der Waals surface area contributed by atoms with E-state index < -0.39 is 11.0 Å². The van der Waals surface area contributed by atoms with E-state index in [4.69, 9.17) is 36.5 Å². The molecule has 3 aromatic carbocycles. The van der Waals surface area contributed by atoms with Crippen LogP contribution in [-0.4, -0.2) is 59.0 Å². The van der Waals surface area contributed by atoms with Gasteiger partial charge >= 0.3 is 0 Å². The zero-order chi connectivity index (χ0) is 27.3. The first-order chi connectivity index (χ1) is 18.6. The third-order valence-electron chi connectivity index (χ3n) is 6.29. The Balaban J connectivity index is 2.16. The summed E-state index contributed by atoms with van der Waals surface area (Å²) in [5, 5.41) is 10.5. The number of methoxy groups -OCH3 is 2. The number of benzene rings is 3. The standard InChI is InChI=1S/C32H34O6/c1-5-20-36-23-31(22-33,24-37-21-6-2)25-38-32(26-10-8-7-9-11-26,27-12-16-29(34-3)17-13-27)28-14-18-30(35-4)19-15-28/h1-2,7-19,33H,20-25H2,3-4H3. The van der Waals surface area contributed by atoms with Gasteiger partial charge in [-0.2, -0.15) is 0 Å². The van der Waals surface area contributed by atoms with Gasteiger partial charge < -0.3 is 28.8 Å². The first-order valence-electron chi connectivity index (χ1n) is 12.2. The molecule has 0 spiro atoms. The van der Waals surface area contributed by atoms with Crippen molar-refractivity contribution in [2.24, 2.45) is 5.41 Å². The average molecular weight is 515 g/mol. The predicted molar refractivity (Wildman–Crippen MR) is 147 cm³/mol. The summed E-state index contributed by atoms with van der Waals surface area (Å²) in [5.41, 5.74) is 0.660. The van der Waals surface area contributed by atoms with Crippen LogP contribution in [0, 0.1) is 30.1 Å². The van der Waals surface area contributed by atoms with Gasteiger partial charge in [0.2, 0.25) is 0 Å². The van der Waals surface area contributed by atoms with Crippen molar-refractivity contribution in [1.29, 1.82) is 0 Å². The normalized spacial score (nSPS) is 11.4. The summed E-state index contributed by atoms with van der Waals surface area (Å²) < 4.78 is 29.1. The molecule has 0 fully saturated rings. The zero-order valence-electron chi connectivity index (χ0n) is 21.9. The number of rotatable bonds is 15. The minimum Gasteiger partial charge on any atom is -0.497 e. The Bertz CT molecular complexity index is 1120. The highest BCUT2D eigenvalue weighted by Gasteiger charge is 2.41. The molecule has 0 aromatic heterocycles. The Morgan fingerprint density at radius 2 is 1.11 bits per heavy atom. The highest BCUT2D eigenvalue weighted by atomic mass is 16.5. The summed E-state index contributed by atoms with van der Waals surface area (Å²) in [5.74, 6) is 6.37. The second-order valence-electron chi connectivity index (χ2n) is 8.84. The fourth-order valence-corrected chi connectivity index (χ4v) is 4.25. The van der Waals surface area contributed by atoms with Crippen molar-refractivity contribution in [2.75, 3.05) is 53.9 Å². The molecule has 0 radical (unpaired) electrons. The molecule has 6 nitrogen and oxygen atoms in total. The van der Waals surface area contributed by atoms with Gasteiger partial charge in [0.1, 0.15) is 30.3 Å². The van der Waals surface area contributed by atoms with E-state index >= 15 is 0 Å². The van der Waals surface area contributed by atoms with E-state index in [0.29, 0.717) is 0 Å². The predicted octanol–water partition coefficient (Wildman–Crippen LogP) is 4.29. The van der Waals surface area contributed by atoms with E-state index in [1.54, 1.807) is 14.2 Å². The second kappa shape index (κ2) is 14.2. The molecule has 6 heteroatoms. The molecule has 3 rings (SSSR count). The number of aliphatic hydroxyl groups excluding tert-OH is 1. The van der Waals surface area contributed by atoms with Crippen LogP contribution in [0.1, 0.15) is 16.7 Å². The minimum atomic E-state index is -1.06. The fourth-order valence-electron chi connectivity index (χ4n) is 4.25. The maximum Gasteiger partial charge on any atom is 0.143 e. The lowest BCUT2D eigenvalue weighted by atomic mass is 9.79. The molecule has 0 heterocycles.